The van der Waals surface area contributed by atoms with Gasteiger partial charge >= 0.3 is 6.03 Å². The summed E-state index contributed by atoms with van der Waals surface area (Å²) in [6, 6.07) is 11.2. The second kappa shape index (κ2) is 6.97. The van der Waals surface area contributed by atoms with E-state index in [1.807, 2.05) is 0 Å². The number of urea groups is 1. The molecule has 2 aromatic rings. The highest BCUT2D eigenvalue weighted by Gasteiger charge is 2.43. The van der Waals surface area contributed by atoms with E-state index in [9.17, 15) is 14.4 Å². The Morgan fingerprint density at radius 1 is 1.12 bits per heavy atom. The molecule has 8 heteroatoms. The number of anilines is 1. The Balaban J connectivity index is 1.78. The Kier molecular flexibility index (Phi) is 4.89. The summed E-state index contributed by atoms with van der Waals surface area (Å²) < 4.78 is 0. The molecule has 4 amide bonds. The average molecular weight is 392 g/mol. The summed E-state index contributed by atoms with van der Waals surface area (Å²) in [5, 5.41) is 8.37. The van der Waals surface area contributed by atoms with Gasteiger partial charge in [-0.15, -0.1) is 0 Å². The van der Waals surface area contributed by atoms with Crippen molar-refractivity contribution in [1.29, 1.82) is 0 Å². The van der Waals surface area contributed by atoms with Crippen molar-refractivity contribution in [2.24, 2.45) is 0 Å². The summed E-state index contributed by atoms with van der Waals surface area (Å²) in [5.74, 6) is -0.754. The number of amides is 4. The number of carbonyl (C=O) groups is 3. The van der Waals surface area contributed by atoms with Gasteiger partial charge in [0.15, 0.2) is 0 Å². The molecule has 0 saturated carbocycles. The smallest absolute Gasteiger partial charge is 0.322 e. The molecular weight excluding hydrogens is 377 g/mol. The molecule has 134 valence electrons. The molecule has 2 aromatic carbocycles. The quantitative estimate of drug-likeness (QED) is 0.699. The number of benzene rings is 2. The first-order chi connectivity index (χ1) is 12.3. The maximum Gasteiger partial charge on any atom is 0.322 e. The number of rotatable bonds is 4. The van der Waals surface area contributed by atoms with Crippen molar-refractivity contribution in [3.63, 3.8) is 0 Å². The van der Waals surface area contributed by atoms with Crippen molar-refractivity contribution in [3.05, 3.63) is 63.6 Å². The zero-order valence-corrected chi connectivity index (χ0v) is 15.2. The van der Waals surface area contributed by atoms with Crippen LogP contribution < -0.4 is 16.0 Å². The van der Waals surface area contributed by atoms with Crippen LogP contribution in [0.3, 0.4) is 0 Å². The van der Waals surface area contributed by atoms with Crippen molar-refractivity contribution in [2.75, 3.05) is 5.32 Å². The van der Waals surface area contributed by atoms with Crippen LogP contribution in [0.25, 0.3) is 0 Å². The molecule has 1 heterocycles. The molecule has 0 bridgehead atoms. The zero-order valence-electron chi connectivity index (χ0n) is 13.7. The monoisotopic (exact) mass is 391 g/mol. The minimum absolute atomic E-state index is 0.0111. The van der Waals surface area contributed by atoms with E-state index in [4.69, 9.17) is 23.2 Å². The van der Waals surface area contributed by atoms with Gasteiger partial charge in [0.25, 0.3) is 5.91 Å². The summed E-state index contributed by atoms with van der Waals surface area (Å²) in [7, 11) is 0. The molecule has 1 aliphatic rings. The van der Waals surface area contributed by atoms with Crippen molar-refractivity contribution >= 4 is 46.7 Å². The molecule has 1 aliphatic heterocycles. The lowest BCUT2D eigenvalue weighted by molar-refractivity contribution is -0.123. The van der Waals surface area contributed by atoms with Gasteiger partial charge in [-0.3, -0.25) is 14.9 Å². The largest absolute Gasteiger partial charge is 0.326 e. The van der Waals surface area contributed by atoms with Crippen molar-refractivity contribution in [1.82, 2.24) is 10.6 Å². The van der Waals surface area contributed by atoms with Crippen LogP contribution >= 0.6 is 23.2 Å². The molecule has 1 fully saturated rings. The molecule has 0 radical (unpaired) electrons. The third-order valence-electron chi connectivity index (χ3n) is 4.17. The lowest BCUT2D eigenvalue weighted by Crippen LogP contribution is -2.40. The Labute approximate surface area is 159 Å². The molecule has 1 atom stereocenters. The highest BCUT2D eigenvalue weighted by atomic mass is 35.5. The van der Waals surface area contributed by atoms with E-state index in [1.165, 1.54) is 0 Å². The number of hydrogen-bond donors (Lipinski definition) is 3. The van der Waals surface area contributed by atoms with E-state index in [-0.39, 0.29) is 12.3 Å². The minimum Gasteiger partial charge on any atom is -0.326 e. The van der Waals surface area contributed by atoms with E-state index in [1.54, 1.807) is 49.4 Å². The highest BCUT2D eigenvalue weighted by Crippen LogP contribution is 2.27. The Morgan fingerprint density at radius 2 is 1.77 bits per heavy atom. The van der Waals surface area contributed by atoms with Crippen LogP contribution in [0.4, 0.5) is 10.5 Å². The lowest BCUT2D eigenvalue weighted by atomic mass is 9.92. The maximum atomic E-state index is 12.3. The number of nitrogens with one attached hydrogen (secondary N) is 3. The fraction of sp³-hybridized carbons (Fsp3) is 0.167. The first-order valence-corrected chi connectivity index (χ1v) is 8.52. The fourth-order valence-electron chi connectivity index (χ4n) is 2.72. The first kappa shape index (κ1) is 18.2. The van der Waals surface area contributed by atoms with E-state index < -0.39 is 17.5 Å². The second-order valence-corrected chi connectivity index (χ2v) is 6.85. The number of hydrogen-bond acceptors (Lipinski definition) is 3. The number of imide groups is 1. The van der Waals surface area contributed by atoms with Crippen LogP contribution in [0.1, 0.15) is 18.1 Å². The average Bonchev–Trinajstić information content (AvgIpc) is 2.85. The summed E-state index contributed by atoms with van der Waals surface area (Å²) in [6.07, 6.45) is 0.0111. The topological polar surface area (TPSA) is 87.3 Å². The van der Waals surface area contributed by atoms with Gasteiger partial charge in [0.05, 0.1) is 6.42 Å². The Morgan fingerprint density at radius 3 is 2.38 bits per heavy atom. The van der Waals surface area contributed by atoms with Gasteiger partial charge in [0, 0.05) is 15.7 Å². The Hall–Kier alpha value is -2.57. The van der Waals surface area contributed by atoms with Gasteiger partial charge < -0.3 is 10.6 Å². The van der Waals surface area contributed by atoms with Crippen molar-refractivity contribution in [3.8, 4) is 0 Å². The predicted octanol–water partition coefficient (Wildman–Crippen LogP) is 3.23. The van der Waals surface area contributed by atoms with Crippen LogP contribution in [-0.2, 0) is 21.5 Å². The summed E-state index contributed by atoms with van der Waals surface area (Å²) in [4.78, 5) is 35.8. The van der Waals surface area contributed by atoms with E-state index >= 15 is 0 Å². The normalized spacial score (nSPS) is 19.0. The summed E-state index contributed by atoms with van der Waals surface area (Å²) >= 11 is 12.2. The van der Waals surface area contributed by atoms with Crippen LogP contribution in [0, 0.1) is 0 Å². The maximum absolute atomic E-state index is 12.3. The number of halogens is 2. The Bertz CT molecular complexity index is 896. The molecule has 3 N–H and O–H groups in total. The van der Waals surface area contributed by atoms with E-state index in [0.29, 0.717) is 26.9 Å². The van der Waals surface area contributed by atoms with Gasteiger partial charge in [-0.1, -0.05) is 41.4 Å². The van der Waals surface area contributed by atoms with E-state index in [2.05, 4.69) is 16.0 Å². The molecule has 0 unspecified atom stereocenters. The third kappa shape index (κ3) is 3.52. The summed E-state index contributed by atoms with van der Waals surface area (Å²) in [6.45, 7) is 1.59. The third-order valence-corrected chi connectivity index (χ3v) is 4.88. The van der Waals surface area contributed by atoms with Crippen molar-refractivity contribution < 1.29 is 14.4 Å². The van der Waals surface area contributed by atoms with Gasteiger partial charge in [-0.05, 0) is 42.3 Å². The van der Waals surface area contributed by atoms with Crippen LogP contribution in [0.15, 0.2) is 42.5 Å². The predicted molar refractivity (Wildman–Crippen MR) is 99.3 cm³/mol. The van der Waals surface area contributed by atoms with Gasteiger partial charge in [0.1, 0.15) is 5.54 Å². The second-order valence-electron chi connectivity index (χ2n) is 6.04. The molecule has 6 nitrogen and oxygen atoms in total. The molecule has 1 saturated heterocycles. The lowest BCUT2D eigenvalue weighted by Gasteiger charge is -2.21. The van der Waals surface area contributed by atoms with Gasteiger partial charge in [-0.25, -0.2) is 4.79 Å². The first-order valence-electron chi connectivity index (χ1n) is 7.76. The van der Waals surface area contributed by atoms with E-state index in [0.717, 1.165) is 0 Å². The molecule has 0 aliphatic carbocycles. The summed E-state index contributed by atoms with van der Waals surface area (Å²) in [5.41, 5.74) is 0.392. The molecule has 0 aromatic heterocycles. The molecule has 26 heavy (non-hydrogen) atoms. The van der Waals surface area contributed by atoms with Crippen molar-refractivity contribution in [2.45, 2.75) is 18.9 Å². The highest BCUT2D eigenvalue weighted by molar-refractivity contribution is 6.36. The van der Waals surface area contributed by atoms with Gasteiger partial charge in [0.2, 0.25) is 5.91 Å². The van der Waals surface area contributed by atoms with Crippen LogP contribution in [-0.4, -0.2) is 17.8 Å². The minimum atomic E-state index is -1.19. The molecule has 0 spiro atoms. The standard InChI is InChI=1S/C18H15Cl2N3O3/c1-18(16(25)22-17(26)23-18)10-4-2-5-11(8-10)21-15(24)9-12-13(19)6-3-7-14(12)20/h2-8H,9H2,1H3,(H,21,24)(H2,22,23,25,26)/t18-/m0/s1. The SMILES string of the molecule is C[C@@]1(c2cccc(NC(=O)Cc3c(Cl)cccc3Cl)c2)NC(=O)NC1=O. The zero-order chi connectivity index (χ0) is 18.9. The molecule has 3 rings (SSSR count). The number of carbonyl (C=O) groups excluding carboxylic acids is 3. The van der Waals surface area contributed by atoms with Crippen LogP contribution in [0.2, 0.25) is 10.0 Å². The molecular formula is C18H15Cl2N3O3. The fourth-order valence-corrected chi connectivity index (χ4v) is 3.25. The van der Waals surface area contributed by atoms with Gasteiger partial charge in [-0.2, -0.15) is 0 Å². The van der Waals surface area contributed by atoms with Crippen LogP contribution in [0.5, 0.6) is 0 Å².